The summed E-state index contributed by atoms with van der Waals surface area (Å²) in [5.74, 6) is -1.97. The minimum absolute atomic E-state index is 0.0413. The number of aromatic nitrogens is 5. The normalized spacial score (nSPS) is 25.9. The minimum atomic E-state index is -1.46. The van der Waals surface area contributed by atoms with E-state index in [1.807, 2.05) is 41.8 Å². The number of carboxylic acids is 1. The van der Waals surface area contributed by atoms with Crippen molar-refractivity contribution in [3.8, 4) is 27.7 Å². The third-order valence-electron chi connectivity index (χ3n) is 9.76. The topological polar surface area (TPSA) is 195 Å². The average Bonchev–Trinajstić information content (AvgIpc) is 3.74. The monoisotopic (exact) mass is 714 g/mol. The van der Waals surface area contributed by atoms with Gasteiger partial charge in [-0.2, -0.15) is 9.90 Å². The molecule has 1 saturated heterocycles. The number of ether oxygens (including phenoxy) is 1. The number of hydrogen-bond acceptors (Lipinski definition) is 11. The second-order valence-corrected chi connectivity index (χ2v) is 14.1. The Kier molecular flexibility index (Phi) is 9.42. The van der Waals surface area contributed by atoms with Gasteiger partial charge in [-0.15, -0.1) is 16.4 Å². The first-order valence-corrected chi connectivity index (χ1v) is 17.8. The molecule has 3 N–H and O–H groups in total. The molecule has 5 atom stereocenters. The molecule has 0 radical (unpaired) electrons. The number of benzene rings is 1. The molecule has 5 heterocycles. The Hall–Kier alpha value is -5.38. The van der Waals surface area contributed by atoms with Crippen molar-refractivity contribution in [1.82, 2.24) is 40.7 Å². The van der Waals surface area contributed by atoms with Crippen LogP contribution in [0.4, 0.5) is 0 Å². The molecule has 0 unspecified atom stereocenters. The lowest BCUT2D eigenvalue weighted by molar-refractivity contribution is -0.145. The number of hydrogen-bond donors (Lipinski definition) is 3. The largest absolute Gasteiger partial charge is 0.497 e. The fourth-order valence-electron chi connectivity index (χ4n) is 6.86. The van der Waals surface area contributed by atoms with Crippen molar-refractivity contribution in [3.05, 3.63) is 65.5 Å². The molecule has 3 amide bonds. The van der Waals surface area contributed by atoms with Crippen molar-refractivity contribution in [2.24, 2.45) is 5.92 Å². The summed E-state index contributed by atoms with van der Waals surface area (Å²) in [7, 11) is 1.59. The van der Waals surface area contributed by atoms with Gasteiger partial charge in [0.15, 0.2) is 5.69 Å². The lowest BCUT2D eigenvalue weighted by Gasteiger charge is -2.29. The van der Waals surface area contributed by atoms with Gasteiger partial charge in [0.25, 0.3) is 5.91 Å². The van der Waals surface area contributed by atoms with E-state index in [4.69, 9.17) is 19.5 Å². The fourth-order valence-corrected chi connectivity index (χ4v) is 7.49. The lowest BCUT2D eigenvalue weighted by Crippen LogP contribution is -2.56. The zero-order valence-electron chi connectivity index (χ0n) is 28.2. The third kappa shape index (κ3) is 6.87. The predicted octanol–water partition coefficient (Wildman–Crippen LogP) is 3.79. The van der Waals surface area contributed by atoms with E-state index in [0.29, 0.717) is 40.7 Å². The molecule has 0 bridgehead atoms. The van der Waals surface area contributed by atoms with Crippen LogP contribution >= 0.6 is 11.3 Å². The highest BCUT2D eigenvalue weighted by molar-refractivity contribution is 7.13. The van der Waals surface area contributed by atoms with E-state index in [9.17, 15) is 24.3 Å². The Morgan fingerprint density at radius 2 is 1.94 bits per heavy atom. The SMILES string of the molecule is COc1ccc(-c2nn([C@@H]3C[C@H]4C(=O)N[C@]5(C(=O)O)C[C@H]5/C=C\CCCCC[C@H](NC(=O)c5cc(C)on5)C(=O)N4C3)nc2-c2nccs2)cc1. The van der Waals surface area contributed by atoms with E-state index in [-0.39, 0.29) is 31.0 Å². The summed E-state index contributed by atoms with van der Waals surface area (Å²) in [5, 5.41) is 31.9. The van der Waals surface area contributed by atoms with Crippen molar-refractivity contribution in [3.63, 3.8) is 0 Å². The Bertz CT molecular complexity index is 1960. The van der Waals surface area contributed by atoms with Crippen molar-refractivity contribution in [1.29, 1.82) is 0 Å². The molecule has 1 aromatic carbocycles. The number of aliphatic carboxylic acids is 1. The van der Waals surface area contributed by atoms with Crippen LogP contribution in [0.5, 0.6) is 5.75 Å². The second-order valence-electron chi connectivity index (χ2n) is 13.2. The molecule has 0 spiro atoms. The molecule has 1 saturated carbocycles. The first-order valence-electron chi connectivity index (χ1n) is 16.9. The van der Waals surface area contributed by atoms with Crippen molar-refractivity contribution < 1.29 is 33.5 Å². The summed E-state index contributed by atoms with van der Waals surface area (Å²) in [6.45, 7) is 1.71. The molecule has 3 aromatic heterocycles. The zero-order chi connectivity index (χ0) is 35.7. The van der Waals surface area contributed by atoms with Gasteiger partial charge in [0, 0.05) is 42.1 Å². The minimum Gasteiger partial charge on any atom is -0.497 e. The number of fused-ring (bicyclic) bond motifs is 2. The number of nitrogens with one attached hydrogen (secondary N) is 2. The van der Waals surface area contributed by atoms with Crippen molar-refractivity contribution in [2.45, 2.75) is 75.5 Å². The number of rotatable bonds is 7. The maximum absolute atomic E-state index is 14.5. The molecular weight excluding hydrogens is 677 g/mol. The number of carboxylic acid groups (broad SMARTS) is 1. The Labute approximate surface area is 297 Å². The highest BCUT2D eigenvalue weighted by Gasteiger charge is 2.61. The van der Waals surface area contributed by atoms with Crippen molar-refractivity contribution >= 4 is 35.0 Å². The second kappa shape index (κ2) is 14.1. The van der Waals surface area contributed by atoms with Gasteiger partial charge < -0.3 is 29.9 Å². The Balaban J connectivity index is 1.24. The quantitative estimate of drug-likeness (QED) is 0.236. The maximum Gasteiger partial charge on any atom is 0.330 e. The summed E-state index contributed by atoms with van der Waals surface area (Å²) < 4.78 is 10.4. The van der Waals surface area contributed by atoms with Crippen LogP contribution in [0.1, 0.15) is 67.2 Å². The first-order chi connectivity index (χ1) is 24.7. The molecule has 1 aliphatic carbocycles. The molecule has 3 aliphatic rings. The summed E-state index contributed by atoms with van der Waals surface area (Å²) in [6, 6.07) is 6.29. The standard InChI is InChI=1S/C35H38N8O7S/c1-20-16-26(41-50-20)30(44)37-25-9-7-5-3-4-6-8-22-18-35(22,34(47)48)38-31(45)27-17-23(19-42(27)33(25)46)43-39-28(21-10-12-24(49-2)13-11-21)29(40-43)32-36-14-15-51-32/h6,8,10-16,22-23,25,27H,3-5,7,9,17-19H2,1-2H3,(H,37,44)(H,38,45)(H,47,48)/b8-6-/t22-,23-,25+,27+,35-/m1/s1. The number of methoxy groups -OCH3 is 1. The van der Waals surface area contributed by atoms with Crippen LogP contribution in [0, 0.1) is 12.8 Å². The number of carbonyl (C=O) groups excluding carboxylic acids is 3. The fraction of sp³-hybridized carbons (Fsp3) is 0.429. The number of allylic oxidation sites excluding steroid dienone is 1. The van der Waals surface area contributed by atoms with Gasteiger partial charge in [0.2, 0.25) is 11.8 Å². The average molecular weight is 715 g/mol. The van der Waals surface area contributed by atoms with Gasteiger partial charge in [0.05, 0.1) is 13.2 Å². The van der Waals surface area contributed by atoms with Gasteiger partial charge in [0.1, 0.15) is 45.5 Å². The Morgan fingerprint density at radius 1 is 1.14 bits per heavy atom. The molecule has 2 aliphatic heterocycles. The molecule has 266 valence electrons. The van der Waals surface area contributed by atoms with E-state index in [0.717, 1.165) is 24.8 Å². The van der Waals surface area contributed by atoms with Crippen molar-refractivity contribution in [2.75, 3.05) is 13.7 Å². The van der Waals surface area contributed by atoms with Gasteiger partial charge in [-0.25, -0.2) is 9.78 Å². The van der Waals surface area contributed by atoms with E-state index >= 15 is 0 Å². The summed E-state index contributed by atoms with van der Waals surface area (Å²) in [4.78, 5) is 61.8. The zero-order valence-corrected chi connectivity index (χ0v) is 29.0. The van der Waals surface area contributed by atoms with Crippen LogP contribution in [-0.4, -0.2) is 90.1 Å². The van der Waals surface area contributed by atoms with Crippen LogP contribution in [-0.2, 0) is 14.4 Å². The van der Waals surface area contributed by atoms with Crippen LogP contribution in [0.2, 0.25) is 0 Å². The highest BCUT2D eigenvalue weighted by Crippen LogP contribution is 2.46. The number of thiazole rings is 1. The molecule has 7 rings (SSSR count). The maximum atomic E-state index is 14.5. The molecule has 15 nitrogen and oxygen atoms in total. The molecule has 2 fully saturated rings. The summed E-state index contributed by atoms with van der Waals surface area (Å²) in [5.41, 5.74) is 0.470. The lowest BCUT2D eigenvalue weighted by atomic mass is 10.0. The van der Waals surface area contributed by atoms with E-state index < -0.39 is 47.4 Å². The highest BCUT2D eigenvalue weighted by atomic mass is 32.1. The first kappa shape index (κ1) is 34.1. The van der Waals surface area contributed by atoms with E-state index in [1.165, 1.54) is 27.1 Å². The van der Waals surface area contributed by atoms with Gasteiger partial charge in [-0.1, -0.05) is 30.2 Å². The smallest absolute Gasteiger partial charge is 0.330 e. The predicted molar refractivity (Wildman–Crippen MR) is 184 cm³/mol. The van der Waals surface area contributed by atoms with Crippen LogP contribution in [0.25, 0.3) is 22.0 Å². The molecule has 16 heteroatoms. The number of carbonyl (C=O) groups is 4. The van der Waals surface area contributed by atoms with Gasteiger partial charge >= 0.3 is 5.97 Å². The van der Waals surface area contributed by atoms with Gasteiger partial charge in [-0.05, 0) is 56.9 Å². The number of aryl methyl sites for hydroxylation is 1. The number of nitrogens with zero attached hydrogens (tertiary/aromatic N) is 6. The molecular formula is C35H38N8O7S. The Morgan fingerprint density at radius 3 is 2.65 bits per heavy atom. The van der Waals surface area contributed by atoms with E-state index in [1.54, 1.807) is 20.2 Å². The third-order valence-corrected chi connectivity index (χ3v) is 10.5. The molecule has 4 aromatic rings. The van der Waals surface area contributed by atoms with Crippen LogP contribution in [0.3, 0.4) is 0 Å². The number of amides is 3. The van der Waals surface area contributed by atoms with Crippen LogP contribution < -0.4 is 15.4 Å². The summed E-state index contributed by atoms with van der Waals surface area (Å²) >= 11 is 1.41. The van der Waals surface area contributed by atoms with Gasteiger partial charge in [-0.3, -0.25) is 14.4 Å². The van der Waals surface area contributed by atoms with Crippen LogP contribution in [0.15, 0.2) is 58.6 Å². The summed E-state index contributed by atoms with van der Waals surface area (Å²) in [6.07, 6.45) is 9.20. The molecule has 51 heavy (non-hydrogen) atoms. The van der Waals surface area contributed by atoms with E-state index in [2.05, 4.69) is 20.8 Å².